The van der Waals surface area contributed by atoms with E-state index in [-0.39, 0.29) is 17.7 Å². The summed E-state index contributed by atoms with van der Waals surface area (Å²) in [5.74, 6) is -0.288. The molecule has 1 fully saturated rings. The van der Waals surface area contributed by atoms with Gasteiger partial charge in [0.05, 0.1) is 23.7 Å². The molecule has 140 valence electrons. The number of likely N-dealkylation sites (tertiary alicyclic amines) is 1. The SMILES string of the molecule is Cc1ccc2c(c1)c(CNC(=O)[C@H]1CC(=O)N(CCN(C)C)C1)nn2C. The zero-order chi connectivity index (χ0) is 18.8. The van der Waals surface area contributed by atoms with Gasteiger partial charge in [-0.15, -0.1) is 0 Å². The lowest BCUT2D eigenvalue weighted by atomic mass is 10.1. The second-order valence-electron chi connectivity index (χ2n) is 7.35. The fraction of sp³-hybridized carbons (Fsp3) is 0.526. The van der Waals surface area contributed by atoms with Gasteiger partial charge in [-0.25, -0.2) is 0 Å². The number of hydrogen-bond donors (Lipinski definition) is 1. The maximum absolute atomic E-state index is 12.5. The number of benzene rings is 1. The Bertz CT molecular complexity index is 827. The zero-order valence-corrected chi connectivity index (χ0v) is 16.0. The first kappa shape index (κ1) is 18.4. The molecule has 2 amide bonds. The number of aromatic nitrogens is 2. The average Bonchev–Trinajstić information content (AvgIpc) is 3.11. The van der Waals surface area contributed by atoms with Crippen molar-refractivity contribution < 1.29 is 9.59 Å². The molecule has 1 aliphatic rings. The van der Waals surface area contributed by atoms with Crippen molar-refractivity contribution in [2.24, 2.45) is 13.0 Å². The molecule has 0 aliphatic carbocycles. The van der Waals surface area contributed by atoms with Gasteiger partial charge in [0.25, 0.3) is 0 Å². The molecule has 1 N–H and O–H groups in total. The maximum atomic E-state index is 12.5. The summed E-state index contributed by atoms with van der Waals surface area (Å²) in [6.45, 7) is 4.39. The molecule has 7 nitrogen and oxygen atoms in total. The minimum absolute atomic E-state index is 0.0610. The third kappa shape index (κ3) is 3.88. The molecule has 1 aromatic carbocycles. The Balaban J connectivity index is 1.61. The Kier molecular flexibility index (Phi) is 5.27. The van der Waals surface area contributed by atoms with Crippen molar-refractivity contribution in [3.05, 3.63) is 29.5 Å². The lowest BCUT2D eigenvalue weighted by molar-refractivity contribution is -0.129. The number of rotatable bonds is 6. The molecule has 0 unspecified atom stereocenters. The molecule has 7 heteroatoms. The average molecular weight is 357 g/mol. The van der Waals surface area contributed by atoms with E-state index in [2.05, 4.69) is 22.5 Å². The van der Waals surface area contributed by atoms with Gasteiger partial charge < -0.3 is 15.1 Å². The van der Waals surface area contributed by atoms with Crippen LogP contribution >= 0.6 is 0 Å². The van der Waals surface area contributed by atoms with Gasteiger partial charge in [0.1, 0.15) is 0 Å². The lowest BCUT2D eigenvalue weighted by Crippen LogP contribution is -2.35. The summed E-state index contributed by atoms with van der Waals surface area (Å²) < 4.78 is 1.83. The van der Waals surface area contributed by atoms with Crippen LogP contribution in [0.3, 0.4) is 0 Å². The van der Waals surface area contributed by atoms with Gasteiger partial charge in [-0.05, 0) is 33.2 Å². The Hall–Kier alpha value is -2.41. The molecule has 0 bridgehead atoms. The number of aryl methyl sites for hydroxylation is 2. The molecule has 1 atom stereocenters. The standard InChI is InChI=1S/C19H27N5O2/c1-13-5-6-17-15(9-13)16(21-23(17)4)11-20-19(26)14-10-18(25)24(12-14)8-7-22(2)3/h5-6,9,14H,7-8,10-12H2,1-4H3,(H,20,26)/t14-/m0/s1. The molecule has 0 saturated carbocycles. The predicted octanol–water partition coefficient (Wildman–Crippen LogP) is 0.908. The van der Waals surface area contributed by atoms with Crippen molar-refractivity contribution in [1.29, 1.82) is 0 Å². The maximum Gasteiger partial charge on any atom is 0.225 e. The summed E-state index contributed by atoms with van der Waals surface area (Å²) in [6, 6.07) is 6.19. The van der Waals surface area contributed by atoms with Gasteiger partial charge in [-0.3, -0.25) is 14.3 Å². The van der Waals surface area contributed by atoms with Crippen LogP contribution in [0.15, 0.2) is 18.2 Å². The van der Waals surface area contributed by atoms with Crippen molar-refractivity contribution in [3.8, 4) is 0 Å². The first-order valence-corrected chi connectivity index (χ1v) is 8.97. The number of nitrogens with zero attached hydrogens (tertiary/aromatic N) is 4. The van der Waals surface area contributed by atoms with E-state index in [0.29, 0.717) is 26.1 Å². The Labute approximate surface area is 153 Å². The van der Waals surface area contributed by atoms with E-state index in [0.717, 1.165) is 28.7 Å². The van der Waals surface area contributed by atoms with E-state index in [9.17, 15) is 9.59 Å². The molecule has 1 aliphatic heterocycles. The molecular weight excluding hydrogens is 330 g/mol. The highest BCUT2D eigenvalue weighted by Gasteiger charge is 2.34. The summed E-state index contributed by atoms with van der Waals surface area (Å²) in [5.41, 5.74) is 3.06. The number of amides is 2. The smallest absolute Gasteiger partial charge is 0.225 e. The normalized spacial score (nSPS) is 17.5. The minimum atomic E-state index is -0.277. The first-order valence-electron chi connectivity index (χ1n) is 8.97. The van der Waals surface area contributed by atoms with Crippen LogP contribution in [0.2, 0.25) is 0 Å². The molecular formula is C19H27N5O2. The quantitative estimate of drug-likeness (QED) is 0.834. The van der Waals surface area contributed by atoms with E-state index in [1.54, 1.807) is 4.90 Å². The minimum Gasteiger partial charge on any atom is -0.350 e. The fourth-order valence-corrected chi connectivity index (χ4v) is 3.38. The topological polar surface area (TPSA) is 70.5 Å². The van der Waals surface area contributed by atoms with E-state index < -0.39 is 0 Å². The third-order valence-corrected chi connectivity index (χ3v) is 4.91. The van der Waals surface area contributed by atoms with Crippen molar-refractivity contribution >= 4 is 22.7 Å². The highest BCUT2D eigenvalue weighted by Crippen LogP contribution is 2.21. The second kappa shape index (κ2) is 7.45. The van der Waals surface area contributed by atoms with Crippen LogP contribution in [0.4, 0.5) is 0 Å². The molecule has 1 saturated heterocycles. The number of carbonyl (C=O) groups is 2. The zero-order valence-electron chi connectivity index (χ0n) is 16.0. The molecule has 2 aromatic rings. The molecule has 3 rings (SSSR count). The van der Waals surface area contributed by atoms with E-state index in [1.807, 2.05) is 43.7 Å². The number of hydrogen-bond acceptors (Lipinski definition) is 4. The van der Waals surface area contributed by atoms with Crippen molar-refractivity contribution in [3.63, 3.8) is 0 Å². The summed E-state index contributed by atoms with van der Waals surface area (Å²) in [6.07, 6.45) is 0.293. The number of fused-ring (bicyclic) bond motifs is 1. The molecule has 26 heavy (non-hydrogen) atoms. The molecule has 0 spiro atoms. The summed E-state index contributed by atoms with van der Waals surface area (Å²) in [7, 11) is 5.86. The second-order valence-corrected chi connectivity index (χ2v) is 7.35. The van der Waals surface area contributed by atoms with Gasteiger partial charge >= 0.3 is 0 Å². The Morgan fingerprint density at radius 1 is 1.38 bits per heavy atom. The van der Waals surface area contributed by atoms with Crippen molar-refractivity contribution in [2.45, 2.75) is 19.9 Å². The van der Waals surface area contributed by atoms with Crippen LogP contribution < -0.4 is 5.32 Å². The Morgan fingerprint density at radius 2 is 2.15 bits per heavy atom. The predicted molar refractivity (Wildman–Crippen MR) is 101 cm³/mol. The van der Waals surface area contributed by atoms with Crippen LogP contribution in [0.25, 0.3) is 10.9 Å². The van der Waals surface area contributed by atoms with Crippen molar-refractivity contribution in [2.75, 3.05) is 33.7 Å². The molecule has 1 aromatic heterocycles. The lowest BCUT2D eigenvalue weighted by Gasteiger charge is -2.19. The van der Waals surface area contributed by atoms with Crippen LogP contribution in [0.5, 0.6) is 0 Å². The molecule has 0 radical (unpaired) electrons. The largest absolute Gasteiger partial charge is 0.350 e. The molecule has 2 heterocycles. The van der Waals surface area contributed by atoms with Crippen LogP contribution in [-0.4, -0.2) is 65.1 Å². The number of likely N-dealkylation sites (N-methyl/N-ethyl adjacent to an activating group) is 1. The number of nitrogens with one attached hydrogen (secondary N) is 1. The first-order chi connectivity index (χ1) is 12.3. The third-order valence-electron chi connectivity index (χ3n) is 4.91. The van der Waals surface area contributed by atoms with E-state index in [1.165, 1.54) is 0 Å². The summed E-state index contributed by atoms with van der Waals surface area (Å²) >= 11 is 0. The Morgan fingerprint density at radius 3 is 2.88 bits per heavy atom. The number of carbonyl (C=O) groups excluding carboxylic acids is 2. The summed E-state index contributed by atoms with van der Waals surface area (Å²) in [4.78, 5) is 28.4. The van der Waals surface area contributed by atoms with Gasteiger partial charge in [-0.1, -0.05) is 11.6 Å². The fourth-order valence-electron chi connectivity index (χ4n) is 3.38. The summed E-state index contributed by atoms with van der Waals surface area (Å²) in [5, 5.41) is 8.55. The van der Waals surface area contributed by atoms with Crippen LogP contribution in [0, 0.1) is 12.8 Å². The monoisotopic (exact) mass is 357 g/mol. The van der Waals surface area contributed by atoms with Gasteiger partial charge in [0, 0.05) is 38.5 Å². The van der Waals surface area contributed by atoms with Gasteiger partial charge in [0.2, 0.25) is 11.8 Å². The van der Waals surface area contributed by atoms with Crippen LogP contribution in [-0.2, 0) is 23.2 Å². The highest BCUT2D eigenvalue weighted by molar-refractivity contribution is 5.89. The van der Waals surface area contributed by atoms with E-state index in [4.69, 9.17) is 0 Å². The van der Waals surface area contributed by atoms with E-state index >= 15 is 0 Å². The van der Waals surface area contributed by atoms with Crippen LogP contribution in [0.1, 0.15) is 17.7 Å². The van der Waals surface area contributed by atoms with Gasteiger partial charge in [0.15, 0.2) is 0 Å². The van der Waals surface area contributed by atoms with Crippen molar-refractivity contribution in [1.82, 2.24) is 24.9 Å². The van der Waals surface area contributed by atoms with Gasteiger partial charge in [-0.2, -0.15) is 5.10 Å². The highest BCUT2D eigenvalue weighted by atomic mass is 16.2.